The first-order valence-corrected chi connectivity index (χ1v) is 10.6. The summed E-state index contributed by atoms with van der Waals surface area (Å²) in [5.74, 6) is -0.0609. The maximum Gasteiger partial charge on any atom is 0.352 e. The molecule has 5 aromatic rings. The Morgan fingerprint density at radius 3 is 2.61 bits per heavy atom. The van der Waals surface area contributed by atoms with Crippen LogP contribution >= 0.6 is 11.3 Å². The molecule has 0 atom stereocenters. The van der Waals surface area contributed by atoms with E-state index in [-0.39, 0.29) is 13.2 Å². The van der Waals surface area contributed by atoms with Gasteiger partial charge in [-0.25, -0.2) is 9.78 Å². The first-order valence-electron chi connectivity index (χ1n) is 9.69. The van der Waals surface area contributed by atoms with E-state index in [0.717, 1.165) is 22.1 Å². The molecule has 0 bridgehead atoms. The van der Waals surface area contributed by atoms with E-state index in [1.165, 1.54) is 20.4 Å². The molecule has 4 aromatic heterocycles. The van der Waals surface area contributed by atoms with Crippen LogP contribution in [0.3, 0.4) is 0 Å². The predicted octanol–water partition coefficient (Wildman–Crippen LogP) is 3.40. The van der Waals surface area contributed by atoms with Gasteiger partial charge in [0.25, 0.3) is 0 Å². The molecule has 0 saturated heterocycles. The third-order valence-corrected chi connectivity index (χ3v) is 5.88. The molecule has 0 aliphatic carbocycles. The number of carbonyl (C=O) groups is 1. The van der Waals surface area contributed by atoms with Crippen LogP contribution in [0.5, 0.6) is 0 Å². The lowest BCUT2D eigenvalue weighted by Gasteiger charge is -2.08. The summed E-state index contributed by atoms with van der Waals surface area (Å²) in [4.78, 5) is 34.9. The monoisotopic (exact) mass is 431 g/mol. The molecule has 0 aliphatic heterocycles. The summed E-state index contributed by atoms with van der Waals surface area (Å²) in [5, 5.41) is 7.20. The second-order valence-corrected chi connectivity index (χ2v) is 7.63. The van der Waals surface area contributed by atoms with E-state index in [4.69, 9.17) is 4.74 Å². The van der Waals surface area contributed by atoms with Crippen molar-refractivity contribution >= 4 is 33.2 Å². The summed E-state index contributed by atoms with van der Waals surface area (Å²) in [6, 6.07) is 13.4. The smallest absolute Gasteiger partial charge is 0.352 e. The Bertz CT molecular complexity index is 1460. The molecule has 9 heteroatoms. The molecule has 0 spiro atoms. The highest BCUT2D eigenvalue weighted by atomic mass is 32.1. The average molecular weight is 431 g/mol. The van der Waals surface area contributed by atoms with E-state index >= 15 is 0 Å². The van der Waals surface area contributed by atoms with Crippen LogP contribution in [0.25, 0.3) is 38.4 Å². The highest BCUT2D eigenvalue weighted by Crippen LogP contribution is 2.36. The van der Waals surface area contributed by atoms with Gasteiger partial charge in [0.05, 0.1) is 12.0 Å². The summed E-state index contributed by atoms with van der Waals surface area (Å²) in [6.45, 7) is 1.78. The van der Waals surface area contributed by atoms with Crippen molar-refractivity contribution in [3.8, 4) is 22.5 Å². The van der Waals surface area contributed by atoms with Crippen LogP contribution in [0, 0.1) is 0 Å². The number of ether oxygens (including phenoxy) is 1. The second kappa shape index (κ2) is 7.77. The number of benzene rings is 1. The molecule has 0 aliphatic rings. The predicted molar refractivity (Wildman–Crippen MR) is 118 cm³/mol. The number of esters is 1. The minimum atomic E-state index is -0.477. The maximum absolute atomic E-state index is 13.3. The third-order valence-electron chi connectivity index (χ3n) is 4.88. The summed E-state index contributed by atoms with van der Waals surface area (Å²) in [7, 11) is 0. The molecule has 4 heterocycles. The summed E-state index contributed by atoms with van der Waals surface area (Å²) >= 11 is 1.39. The number of fused-ring (bicyclic) bond motifs is 3. The van der Waals surface area contributed by atoms with Gasteiger partial charge in [-0.15, -0.1) is 16.4 Å². The van der Waals surface area contributed by atoms with Gasteiger partial charge in [-0.1, -0.05) is 30.3 Å². The standard InChI is InChI=1S/C22H17N5O3S/c1-2-30-17(28)12-26-21-18(16(13-31-21)14-6-4-3-5-7-14)20-24-19(25-27(20)22(26)29)15-8-10-23-11-9-15/h3-11,13H,2,12H2,1H3. The van der Waals surface area contributed by atoms with Gasteiger partial charge in [0.1, 0.15) is 11.4 Å². The SMILES string of the molecule is CCOC(=O)Cn1c(=O)n2nc(-c3ccncc3)nc2c2c(-c3ccccc3)csc21. The van der Waals surface area contributed by atoms with Crippen LogP contribution in [0.4, 0.5) is 0 Å². The Morgan fingerprint density at radius 1 is 1.10 bits per heavy atom. The van der Waals surface area contributed by atoms with E-state index in [9.17, 15) is 9.59 Å². The lowest BCUT2D eigenvalue weighted by Crippen LogP contribution is -2.30. The zero-order valence-corrected chi connectivity index (χ0v) is 17.4. The Hall–Kier alpha value is -3.85. The molecule has 5 rings (SSSR count). The van der Waals surface area contributed by atoms with Crippen molar-refractivity contribution in [1.82, 2.24) is 24.1 Å². The van der Waals surface area contributed by atoms with Crippen molar-refractivity contribution < 1.29 is 9.53 Å². The van der Waals surface area contributed by atoms with Crippen LogP contribution in [0.2, 0.25) is 0 Å². The average Bonchev–Trinajstić information content (AvgIpc) is 3.43. The fraction of sp³-hybridized carbons (Fsp3) is 0.136. The normalized spacial score (nSPS) is 11.3. The molecule has 0 fully saturated rings. The van der Waals surface area contributed by atoms with Gasteiger partial charge in [0.2, 0.25) is 0 Å². The molecule has 8 nitrogen and oxygen atoms in total. The molecule has 31 heavy (non-hydrogen) atoms. The number of carbonyl (C=O) groups excluding carboxylic acids is 1. The van der Waals surface area contributed by atoms with Gasteiger partial charge >= 0.3 is 11.7 Å². The van der Waals surface area contributed by atoms with Gasteiger partial charge in [-0.2, -0.15) is 4.52 Å². The van der Waals surface area contributed by atoms with Crippen LogP contribution in [-0.2, 0) is 16.1 Å². The molecule has 0 N–H and O–H groups in total. The number of nitrogens with zero attached hydrogens (tertiary/aromatic N) is 5. The first kappa shape index (κ1) is 19.1. The molecule has 1 aromatic carbocycles. The van der Waals surface area contributed by atoms with Crippen LogP contribution in [0.1, 0.15) is 6.92 Å². The van der Waals surface area contributed by atoms with Gasteiger partial charge in [-0.05, 0) is 24.6 Å². The molecule has 0 unspecified atom stereocenters. The summed E-state index contributed by atoms with van der Waals surface area (Å²) in [6.07, 6.45) is 3.30. The minimum absolute atomic E-state index is 0.196. The Kier molecular flexibility index (Phi) is 4.79. The van der Waals surface area contributed by atoms with E-state index < -0.39 is 11.7 Å². The van der Waals surface area contributed by atoms with Crippen molar-refractivity contribution in [3.05, 3.63) is 70.7 Å². The minimum Gasteiger partial charge on any atom is -0.465 e. The highest BCUT2D eigenvalue weighted by molar-refractivity contribution is 7.17. The maximum atomic E-state index is 13.3. The molecular formula is C22H17N5O3S. The van der Waals surface area contributed by atoms with Gasteiger partial charge in [0, 0.05) is 28.9 Å². The summed E-state index contributed by atoms with van der Waals surface area (Å²) < 4.78 is 7.75. The largest absolute Gasteiger partial charge is 0.465 e. The summed E-state index contributed by atoms with van der Waals surface area (Å²) in [5.41, 5.74) is 2.68. The van der Waals surface area contributed by atoms with E-state index in [0.29, 0.717) is 16.3 Å². The topological polar surface area (TPSA) is 91.4 Å². The zero-order valence-electron chi connectivity index (χ0n) is 16.6. The van der Waals surface area contributed by atoms with Gasteiger partial charge in [0.15, 0.2) is 11.5 Å². The number of hydrogen-bond donors (Lipinski definition) is 0. The first-order chi connectivity index (χ1) is 15.2. The molecule has 154 valence electrons. The number of hydrogen-bond acceptors (Lipinski definition) is 7. The molecular weight excluding hydrogens is 414 g/mol. The quantitative estimate of drug-likeness (QED) is 0.396. The van der Waals surface area contributed by atoms with E-state index in [1.807, 2.05) is 35.7 Å². The lowest BCUT2D eigenvalue weighted by atomic mass is 10.1. The van der Waals surface area contributed by atoms with Crippen molar-refractivity contribution in [3.63, 3.8) is 0 Å². The third kappa shape index (κ3) is 3.28. The van der Waals surface area contributed by atoms with Crippen LogP contribution in [-0.4, -0.2) is 36.7 Å². The Morgan fingerprint density at radius 2 is 1.87 bits per heavy atom. The van der Waals surface area contributed by atoms with Crippen molar-refractivity contribution in [2.45, 2.75) is 13.5 Å². The Labute approximate surface area is 180 Å². The van der Waals surface area contributed by atoms with Crippen LogP contribution < -0.4 is 5.69 Å². The fourth-order valence-corrected chi connectivity index (χ4v) is 4.57. The molecule has 0 radical (unpaired) electrons. The van der Waals surface area contributed by atoms with Gasteiger partial charge < -0.3 is 4.74 Å². The van der Waals surface area contributed by atoms with E-state index in [2.05, 4.69) is 15.1 Å². The van der Waals surface area contributed by atoms with Gasteiger partial charge in [-0.3, -0.25) is 14.3 Å². The van der Waals surface area contributed by atoms with Crippen molar-refractivity contribution in [2.24, 2.45) is 0 Å². The number of thiophene rings is 1. The number of rotatable bonds is 5. The van der Waals surface area contributed by atoms with E-state index in [1.54, 1.807) is 31.5 Å². The molecule has 0 amide bonds. The fourth-order valence-electron chi connectivity index (χ4n) is 3.50. The zero-order chi connectivity index (χ0) is 21.4. The lowest BCUT2D eigenvalue weighted by molar-refractivity contribution is -0.143. The number of aromatic nitrogens is 5. The number of pyridine rings is 1. The highest BCUT2D eigenvalue weighted by Gasteiger charge is 2.22. The van der Waals surface area contributed by atoms with Crippen LogP contribution in [0.15, 0.2) is 65.0 Å². The Balaban J connectivity index is 1.83. The van der Waals surface area contributed by atoms with Crippen molar-refractivity contribution in [1.29, 1.82) is 0 Å². The second-order valence-electron chi connectivity index (χ2n) is 6.78. The van der Waals surface area contributed by atoms with Crippen molar-refractivity contribution in [2.75, 3.05) is 6.61 Å². The molecule has 0 saturated carbocycles.